The molecule has 7 heteroatoms. The largest absolute Gasteiger partial charge is 0.398 e. The summed E-state index contributed by atoms with van der Waals surface area (Å²) in [6.07, 6.45) is 5.86. The molecule has 2 rings (SSSR count). The third-order valence-corrected chi connectivity index (χ3v) is 3.63. The van der Waals surface area contributed by atoms with Crippen LogP contribution in [-0.4, -0.2) is 37.3 Å². The lowest BCUT2D eigenvalue weighted by atomic mass is 9.91. The highest BCUT2D eigenvalue weighted by molar-refractivity contribution is 6.15. The number of ether oxygens (including phenoxy) is 1. The van der Waals surface area contributed by atoms with Crippen LogP contribution in [0.2, 0.25) is 0 Å². The van der Waals surface area contributed by atoms with E-state index in [-0.39, 0.29) is 24.3 Å². The van der Waals surface area contributed by atoms with Crippen LogP contribution in [0.4, 0.5) is 5.69 Å². The van der Waals surface area contributed by atoms with Gasteiger partial charge in [0.15, 0.2) is 0 Å². The summed E-state index contributed by atoms with van der Waals surface area (Å²) in [6, 6.07) is 4.37. The van der Waals surface area contributed by atoms with E-state index in [1.54, 1.807) is 18.2 Å². The average molecular weight is 328 g/mol. The molecule has 1 aliphatic rings. The number of nitrogens with one attached hydrogen (secondary N) is 2. The number of carbonyl (C=O) groups is 2. The molecule has 0 saturated heterocycles. The summed E-state index contributed by atoms with van der Waals surface area (Å²) in [5.41, 5.74) is 13.2. The minimum atomic E-state index is -0.578. The predicted molar refractivity (Wildman–Crippen MR) is 91.8 cm³/mol. The van der Waals surface area contributed by atoms with E-state index in [4.69, 9.17) is 21.6 Å². The van der Waals surface area contributed by atoms with Crippen molar-refractivity contribution in [1.29, 1.82) is 5.41 Å². The van der Waals surface area contributed by atoms with Crippen molar-refractivity contribution in [2.24, 2.45) is 5.73 Å². The van der Waals surface area contributed by atoms with Crippen molar-refractivity contribution < 1.29 is 14.3 Å². The summed E-state index contributed by atoms with van der Waals surface area (Å²) in [7, 11) is 1.45. The highest BCUT2D eigenvalue weighted by Crippen LogP contribution is 2.22. The quantitative estimate of drug-likeness (QED) is 0.453. The van der Waals surface area contributed by atoms with Crippen LogP contribution in [0.25, 0.3) is 0 Å². The second-order valence-corrected chi connectivity index (χ2v) is 5.43. The minimum Gasteiger partial charge on any atom is -0.398 e. The summed E-state index contributed by atoms with van der Waals surface area (Å²) in [5, 5.41) is 11.2. The summed E-state index contributed by atoms with van der Waals surface area (Å²) in [5.74, 6) is -0.804. The van der Waals surface area contributed by atoms with Gasteiger partial charge in [-0.05, 0) is 30.2 Å². The van der Waals surface area contributed by atoms with Gasteiger partial charge in [0.25, 0.3) is 0 Å². The fourth-order valence-corrected chi connectivity index (χ4v) is 2.44. The SMILES string of the molecule is COCC(=O)NC1C=CC=C(C(=N)c2cc(C(N)=O)ccc2N)C1. The smallest absolute Gasteiger partial charge is 0.248 e. The molecule has 0 aromatic heterocycles. The second-order valence-electron chi connectivity index (χ2n) is 5.43. The molecule has 24 heavy (non-hydrogen) atoms. The maximum atomic E-state index is 11.6. The van der Waals surface area contributed by atoms with Crippen molar-refractivity contribution in [2.75, 3.05) is 19.5 Å². The molecular formula is C17H20N4O3. The van der Waals surface area contributed by atoms with Gasteiger partial charge in [-0.3, -0.25) is 15.0 Å². The maximum Gasteiger partial charge on any atom is 0.248 e. The van der Waals surface area contributed by atoms with Crippen LogP contribution >= 0.6 is 0 Å². The van der Waals surface area contributed by atoms with Crippen molar-refractivity contribution in [3.05, 3.63) is 53.1 Å². The highest BCUT2D eigenvalue weighted by atomic mass is 16.5. The van der Waals surface area contributed by atoms with Gasteiger partial charge < -0.3 is 21.5 Å². The van der Waals surface area contributed by atoms with Crippen molar-refractivity contribution in [3.63, 3.8) is 0 Å². The molecule has 1 aliphatic carbocycles. The number of anilines is 1. The van der Waals surface area contributed by atoms with Crippen molar-refractivity contribution in [1.82, 2.24) is 5.32 Å². The lowest BCUT2D eigenvalue weighted by Crippen LogP contribution is -2.37. The molecule has 1 aromatic rings. The Morgan fingerprint density at radius 1 is 1.42 bits per heavy atom. The first-order valence-corrected chi connectivity index (χ1v) is 7.36. The lowest BCUT2D eigenvalue weighted by Gasteiger charge is -2.21. The van der Waals surface area contributed by atoms with Gasteiger partial charge in [0.2, 0.25) is 11.8 Å². The Morgan fingerprint density at radius 3 is 2.83 bits per heavy atom. The van der Waals surface area contributed by atoms with Crippen LogP contribution in [0, 0.1) is 5.41 Å². The van der Waals surface area contributed by atoms with Crippen molar-refractivity contribution in [3.8, 4) is 0 Å². The molecule has 2 amide bonds. The summed E-state index contributed by atoms with van der Waals surface area (Å²) >= 11 is 0. The summed E-state index contributed by atoms with van der Waals surface area (Å²) < 4.78 is 4.79. The number of benzene rings is 1. The van der Waals surface area contributed by atoms with Gasteiger partial charge in [-0.15, -0.1) is 0 Å². The van der Waals surface area contributed by atoms with Gasteiger partial charge in [0.05, 0.1) is 11.8 Å². The van der Waals surface area contributed by atoms with E-state index in [0.29, 0.717) is 28.8 Å². The lowest BCUT2D eigenvalue weighted by molar-refractivity contribution is -0.125. The van der Waals surface area contributed by atoms with E-state index in [1.807, 2.05) is 6.08 Å². The number of hydrogen-bond donors (Lipinski definition) is 4. The molecule has 0 saturated carbocycles. The third-order valence-electron chi connectivity index (χ3n) is 3.63. The normalized spacial score (nSPS) is 16.4. The molecule has 1 unspecified atom stereocenters. The fourth-order valence-electron chi connectivity index (χ4n) is 2.44. The van der Waals surface area contributed by atoms with Crippen molar-refractivity contribution >= 4 is 23.2 Å². The fraction of sp³-hybridized carbons (Fsp3) is 0.235. The van der Waals surface area contributed by atoms with Gasteiger partial charge in [0, 0.05) is 23.9 Å². The summed E-state index contributed by atoms with van der Waals surface area (Å²) in [4.78, 5) is 22.9. The molecule has 1 aromatic carbocycles. The zero-order valence-corrected chi connectivity index (χ0v) is 13.3. The van der Waals surface area contributed by atoms with Gasteiger partial charge >= 0.3 is 0 Å². The zero-order valence-electron chi connectivity index (χ0n) is 13.3. The number of allylic oxidation sites excluding steroid dienone is 2. The van der Waals surface area contributed by atoms with Crippen LogP contribution in [-0.2, 0) is 9.53 Å². The number of nitrogens with two attached hydrogens (primary N) is 2. The molecular weight excluding hydrogens is 308 g/mol. The number of rotatable bonds is 6. The Morgan fingerprint density at radius 2 is 2.17 bits per heavy atom. The molecule has 126 valence electrons. The third kappa shape index (κ3) is 4.08. The van der Waals surface area contributed by atoms with Gasteiger partial charge in [-0.1, -0.05) is 18.2 Å². The Labute approximate surface area is 139 Å². The van der Waals surface area contributed by atoms with E-state index in [9.17, 15) is 9.59 Å². The molecule has 7 nitrogen and oxygen atoms in total. The van der Waals surface area contributed by atoms with Gasteiger partial charge in [-0.2, -0.15) is 0 Å². The highest BCUT2D eigenvalue weighted by Gasteiger charge is 2.19. The van der Waals surface area contributed by atoms with Gasteiger partial charge in [0.1, 0.15) is 6.61 Å². The van der Waals surface area contributed by atoms with E-state index in [1.165, 1.54) is 19.2 Å². The standard InChI is InChI=1S/C17H20N4O3/c1-24-9-15(22)21-12-4-2-3-10(7-12)16(19)13-8-11(17(20)23)5-6-14(13)18/h2-6,8,12,19H,7,9,18H2,1H3,(H2,20,23)(H,21,22). The first-order chi connectivity index (χ1) is 11.4. The number of carbonyl (C=O) groups excluding carboxylic acids is 2. The first kappa shape index (κ1) is 17.4. The second kappa shape index (κ2) is 7.56. The van der Waals surface area contributed by atoms with Crippen molar-refractivity contribution in [2.45, 2.75) is 12.5 Å². The van der Waals surface area contributed by atoms with E-state index in [2.05, 4.69) is 5.32 Å². The monoisotopic (exact) mass is 328 g/mol. The Kier molecular flexibility index (Phi) is 5.49. The van der Waals surface area contributed by atoms with Crippen LogP contribution in [0.15, 0.2) is 42.0 Å². The van der Waals surface area contributed by atoms with Crippen LogP contribution < -0.4 is 16.8 Å². The Balaban J connectivity index is 2.17. The van der Waals surface area contributed by atoms with E-state index in [0.717, 1.165) is 0 Å². The topological polar surface area (TPSA) is 131 Å². The zero-order chi connectivity index (χ0) is 17.7. The first-order valence-electron chi connectivity index (χ1n) is 7.36. The number of amides is 2. The predicted octanol–water partition coefficient (Wildman–Crippen LogP) is 0.753. The molecule has 1 atom stereocenters. The number of nitrogen functional groups attached to an aromatic ring is 1. The average Bonchev–Trinajstić information content (AvgIpc) is 2.55. The Hall–Kier alpha value is -2.93. The molecule has 0 aliphatic heterocycles. The van der Waals surface area contributed by atoms with E-state index >= 15 is 0 Å². The molecule has 0 fully saturated rings. The Bertz CT molecular complexity index is 737. The van der Waals surface area contributed by atoms with E-state index < -0.39 is 5.91 Å². The van der Waals surface area contributed by atoms with Crippen LogP contribution in [0.5, 0.6) is 0 Å². The molecule has 0 radical (unpaired) electrons. The molecule has 0 bridgehead atoms. The maximum absolute atomic E-state index is 11.6. The molecule has 0 spiro atoms. The minimum absolute atomic E-state index is 0.0194. The summed E-state index contributed by atoms with van der Waals surface area (Å²) in [6.45, 7) is -0.0194. The van der Waals surface area contributed by atoms with Crippen LogP contribution in [0.3, 0.4) is 0 Å². The molecule has 6 N–H and O–H groups in total. The number of methoxy groups -OCH3 is 1. The number of primary amides is 1. The number of hydrogen-bond acceptors (Lipinski definition) is 5. The van der Waals surface area contributed by atoms with Gasteiger partial charge in [-0.25, -0.2) is 0 Å². The molecule has 0 heterocycles. The van der Waals surface area contributed by atoms with Crippen LogP contribution in [0.1, 0.15) is 22.3 Å².